The quantitative estimate of drug-likeness (QED) is 0.214. The van der Waals surface area contributed by atoms with Crippen LogP contribution < -0.4 is 4.74 Å². The minimum Gasteiger partial charge on any atom is -0.497 e. The van der Waals surface area contributed by atoms with Gasteiger partial charge in [0.2, 0.25) is 5.91 Å². The topological polar surface area (TPSA) is 50.6 Å². The molecule has 4 heterocycles. The fourth-order valence-corrected chi connectivity index (χ4v) is 9.37. The molecule has 4 fully saturated rings. The zero-order valence-corrected chi connectivity index (χ0v) is 26.8. The lowest BCUT2D eigenvalue weighted by atomic mass is 9.70. The van der Waals surface area contributed by atoms with Crippen LogP contribution in [0.3, 0.4) is 0 Å². The third kappa shape index (κ3) is 4.97. The van der Waals surface area contributed by atoms with Crippen LogP contribution in [0.1, 0.15) is 80.8 Å². The van der Waals surface area contributed by atoms with Gasteiger partial charge in [-0.25, -0.2) is 4.98 Å². The highest BCUT2D eigenvalue weighted by Crippen LogP contribution is 2.51. The van der Waals surface area contributed by atoms with Gasteiger partial charge in [-0.1, -0.05) is 54.6 Å². The molecule has 0 radical (unpaired) electrons. The number of amides is 1. The second-order valence-electron chi connectivity index (χ2n) is 14.3. The number of likely N-dealkylation sites (tertiary alicyclic amines) is 1. The van der Waals surface area contributed by atoms with E-state index in [9.17, 15) is 4.79 Å². The summed E-state index contributed by atoms with van der Waals surface area (Å²) in [6, 6.07) is 29.8. The smallest absolute Gasteiger partial charge is 0.233 e. The Balaban J connectivity index is 0.967. The number of methoxy groups -OCH3 is 1. The van der Waals surface area contributed by atoms with Crippen molar-refractivity contribution in [1.82, 2.24) is 19.4 Å². The fourth-order valence-electron chi connectivity index (χ4n) is 9.37. The van der Waals surface area contributed by atoms with Gasteiger partial charge in [-0.3, -0.25) is 9.69 Å². The summed E-state index contributed by atoms with van der Waals surface area (Å²) >= 11 is 0. The molecule has 8 rings (SSSR count). The molecule has 4 aliphatic rings. The molecule has 0 N–H and O–H groups in total. The number of hydrogen-bond acceptors (Lipinski definition) is 4. The number of benzene rings is 3. The van der Waals surface area contributed by atoms with E-state index in [0.717, 1.165) is 74.4 Å². The maximum Gasteiger partial charge on any atom is 0.233 e. The van der Waals surface area contributed by atoms with Crippen LogP contribution in [0.2, 0.25) is 0 Å². The number of carbonyl (C=O) groups excluding carboxylic acids is 1. The Bertz CT molecular complexity index is 1650. The van der Waals surface area contributed by atoms with E-state index in [4.69, 9.17) is 9.72 Å². The number of rotatable bonds is 8. The lowest BCUT2D eigenvalue weighted by Crippen LogP contribution is -2.50. The predicted octanol–water partition coefficient (Wildman–Crippen LogP) is 7.20. The Morgan fingerprint density at radius 2 is 1.49 bits per heavy atom. The van der Waals surface area contributed by atoms with E-state index in [2.05, 4.69) is 88.0 Å². The Labute approximate surface area is 267 Å². The van der Waals surface area contributed by atoms with Crippen molar-refractivity contribution in [3.05, 3.63) is 95.8 Å². The van der Waals surface area contributed by atoms with Crippen LogP contribution in [0.15, 0.2) is 78.9 Å². The number of aryl methyl sites for hydroxylation is 1. The molecule has 3 atom stereocenters. The lowest BCUT2D eigenvalue weighted by Gasteiger charge is -2.46. The molecule has 1 amide bonds. The zero-order valence-electron chi connectivity index (χ0n) is 26.8. The molecule has 3 aliphatic heterocycles. The van der Waals surface area contributed by atoms with Crippen LogP contribution >= 0.6 is 0 Å². The molecule has 0 spiro atoms. The molecule has 45 heavy (non-hydrogen) atoms. The average molecular weight is 603 g/mol. The van der Waals surface area contributed by atoms with E-state index in [1.54, 1.807) is 7.11 Å². The van der Waals surface area contributed by atoms with E-state index in [1.807, 2.05) is 12.1 Å². The molecule has 4 aromatic rings. The fraction of sp³-hybridized carbons (Fsp3) is 0.487. The van der Waals surface area contributed by atoms with Crippen LogP contribution in [-0.4, -0.2) is 64.1 Å². The van der Waals surface area contributed by atoms with E-state index >= 15 is 0 Å². The van der Waals surface area contributed by atoms with E-state index in [-0.39, 0.29) is 10.8 Å². The molecule has 3 aromatic carbocycles. The van der Waals surface area contributed by atoms with Gasteiger partial charge in [0.25, 0.3) is 0 Å². The van der Waals surface area contributed by atoms with Gasteiger partial charge in [-0.05, 0) is 112 Å². The minimum atomic E-state index is -0.332. The van der Waals surface area contributed by atoms with Crippen molar-refractivity contribution < 1.29 is 9.53 Å². The molecule has 234 valence electrons. The molecule has 1 aromatic heterocycles. The zero-order chi connectivity index (χ0) is 30.6. The largest absolute Gasteiger partial charge is 0.497 e. The van der Waals surface area contributed by atoms with Crippen LogP contribution in [0.25, 0.3) is 11.0 Å². The van der Waals surface area contributed by atoms with Crippen molar-refractivity contribution in [2.45, 2.75) is 93.7 Å². The first kappa shape index (κ1) is 28.8. The van der Waals surface area contributed by atoms with Crippen molar-refractivity contribution in [3.63, 3.8) is 0 Å². The van der Waals surface area contributed by atoms with Crippen LogP contribution in [-0.2, 0) is 15.6 Å². The highest BCUT2D eigenvalue weighted by Gasteiger charge is 2.54. The van der Waals surface area contributed by atoms with Crippen molar-refractivity contribution >= 4 is 16.9 Å². The summed E-state index contributed by atoms with van der Waals surface area (Å²) in [5.41, 5.74) is 4.79. The Hall–Kier alpha value is -3.64. The summed E-state index contributed by atoms with van der Waals surface area (Å²) < 4.78 is 7.90. The van der Waals surface area contributed by atoms with Crippen LogP contribution in [0.5, 0.6) is 5.75 Å². The number of carbonyl (C=O) groups is 1. The van der Waals surface area contributed by atoms with Gasteiger partial charge in [-0.2, -0.15) is 0 Å². The van der Waals surface area contributed by atoms with Gasteiger partial charge >= 0.3 is 0 Å². The first-order valence-corrected chi connectivity index (χ1v) is 17.2. The first-order chi connectivity index (χ1) is 22.0. The van der Waals surface area contributed by atoms with Gasteiger partial charge in [0, 0.05) is 31.2 Å². The summed E-state index contributed by atoms with van der Waals surface area (Å²) in [7, 11) is 1.69. The number of nitrogens with zero attached hydrogens (tertiary/aromatic N) is 4. The van der Waals surface area contributed by atoms with Gasteiger partial charge < -0.3 is 14.2 Å². The van der Waals surface area contributed by atoms with Crippen molar-refractivity contribution in [2.24, 2.45) is 0 Å². The molecule has 2 bridgehead atoms. The second-order valence-corrected chi connectivity index (χ2v) is 14.3. The summed E-state index contributed by atoms with van der Waals surface area (Å²) in [6.07, 6.45) is 10.2. The van der Waals surface area contributed by atoms with E-state index in [1.165, 1.54) is 36.8 Å². The Morgan fingerprint density at radius 3 is 2.16 bits per heavy atom. The Morgan fingerprint density at radius 1 is 0.822 bits per heavy atom. The molecule has 6 nitrogen and oxygen atoms in total. The summed E-state index contributed by atoms with van der Waals surface area (Å²) in [5.74, 6) is 2.32. The highest BCUT2D eigenvalue weighted by molar-refractivity contribution is 5.91. The molecule has 1 aliphatic carbocycles. The molecular weight excluding hydrogens is 556 g/mol. The molecule has 6 heteroatoms. The molecule has 1 saturated carbocycles. The van der Waals surface area contributed by atoms with E-state index in [0.29, 0.717) is 24.0 Å². The van der Waals surface area contributed by atoms with E-state index < -0.39 is 0 Å². The minimum absolute atomic E-state index is 0.113. The van der Waals surface area contributed by atoms with Gasteiger partial charge in [0.05, 0.1) is 23.6 Å². The van der Waals surface area contributed by atoms with Crippen LogP contribution in [0, 0.1) is 6.92 Å². The average Bonchev–Trinajstić information content (AvgIpc) is 3.77. The van der Waals surface area contributed by atoms with Crippen molar-refractivity contribution in [3.8, 4) is 5.75 Å². The number of piperidine rings is 2. The Kier molecular flexibility index (Phi) is 7.24. The maximum atomic E-state index is 14.0. The maximum absolute atomic E-state index is 14.0. The third-order valence-electron chi connectivity index (χ3n) is 12.0. The van der Waals surface area contributed by atoms with Gasteiger partial charge in [0.1, 0.15) is 11.6 Å². The number of hydrogen-bond donors (Lipinski definition) is 0. The molecule has 0 unspecified atom stereocenters. The second kappa shape index (κ2) is 11.3. The normalized spacial score (nSPS) is 25.4. The summed E-state index contributed by atoms with van der Waals surface area (Å²) in [5, 5.41) is 0. The van der Waals surface area contributed by atoms with Crippen molar-refractivity contribution in [1.29, 1.82) is 0 Å². The highest BCUT2D eigenvalue weighted by atomic mass is 16.5. The number of ether oxygens (including phenoxy) is 1. The monoisotopic (exact) mass is 602 g/mol. The first-order valence-electron chi connectivity index (χ1n) is 17.2. The number of para-hydroxylation sites is 2. The third-order valence-corrected chi connectivity index (χ3v) is 12.0. The number of imidazole rings is 1. The SMILES string of the molecule is COc1ccc(C2(C(=O)N3CCC(CCN4[C@@H]5CC[C@H]4C[C@@H](n4c(C)nc6ccccc64)C5)(c4ccccc4)CC3)CC2)cc1. The standard InChI is InChI=1S/C39H46N4O2/c1-28-40-35-10-6-7-11-36(35)43(28)33-26-31-14-15-32(27-33)42(31)25-22-38(29-8-4-3-5-9-29)20-23-41(24-21-38)37(44)39(18-19-39)30-12-16-34(45-2)17-13-30/h3-13,16-17,31-33H,14-15,18-27H2,1-2H3/t31-,32+,33+. The van der Waals surface area contributed by atoms with Gasteiger partial charge in [0.15, 0.2) is 0 Å². The van der Waals surface area contributed by atoms with Gasteiger partial charge in [-0.15, -0.1) is 0 Å². The van der Waals surface area contributed by atoms with Crippen LogP contribution in [0.4, 0.5) is 0 Å². The van der Waals surface area contributed by atoms with Crippen molar-refractivity contribution in [2.75, 3.05) is 26.7 Å². The summed E-state index contributed by atoms with van der Waals surface area (Å²) in [6.45, 7) is 5.00. The summed E-state index contributed by atoms with van der Waals surface area (Å²) in [4.78, 5) is 24.0. The molecular formula is C39H46N4O2. The number of fused-ring (bicyclic) bond motifs is 3. The predicted molar refractivity (Wildman–Crippen MR) is 179 cm³/mol. The molecule has 3 saturated heterocycles. The number of aromatic nitrogens is 2. The lowest BCUT2D eigenvalue weighted by molar-refractivity contribution is -0.135.